The van der Waals surface area contributed by atoms with Crippen molar-refractivity contribution in [3.63, 3.8) is 0 Å². The summed E-state index contributed by atoms with van der Waals surface area (Å²) in [6.45, 7) is 1.24. The molecular formula is C21H24ClNO6. The highest BCUT2D eigenvalue weighted by Gasteiger charge is 2.36. The van der Waals surface area contributed by atoms with Gasteiger partial charge in [0.15, 0.2) is 0 Å². The van der Waals surface area contributed by atoms with Crippen molar-refractivity contribution in [2.24, 2.45) is 0 Å². The van der Waals surface area contributed by atoms with Crippen LogP contribution in [0.1, 0.15) is 24.3 Å². The first kappa shape index (κ1) is 21.2. The minimum Gasteiger partial charge on any atom is -0.495 e. The van der Waals surface area contributed by atoms with Crippen LogP contribution >= 0.6 is 11.6 Å². The number of carbonyl (C=O) groups is 2. The van der Waals surface area contributed by atoms with Crippen LogP contribution in [0.25, 0.3) is 0 Å². The molecule has 0 aromatic heterocycles. The summed E-state index contributed by atoms with van der Waals surface area (Å²) in [4.78, 5) is 27.0. The Bertz CT molecular complexity index is 810. The quantitative estimate of drug-likeness (QED) is 0.653. The molecule has 0 radical (unpaired) electrons. The second-order valence-corrected chi connectivity index (χ2v) is 7.22. The number of hydrogen-bond donors (Lipinski definition) is 0. The van der Waals surface area contributed by atoms with Crippen molar-refractivity contribution < 1.29 is 28.5 Å². The molecule has 0 aliphatic carbocycles. The molecule has 0 saturated carbocycles. The van der Waals surface area contributed by atoms with Crippen LogP contribution in [-0.2, 0) is 23.8 Å². The maximum absolute atomic E-state index is 12.6. The van der Waals surface area contributed by atoms with Gasteiger partial charge in [-0.05, 0) is 30.5 Å². The first-order valence-corrected chi connectivity index (χ1v) is 9.67. The van der Waals surface area contributed by atoms with Crippen molar-refractivity contribution in [1.29, 1.82) is 0 Å². The molecule has 1 atom stereocenters. The molecule has 0 N–H and O–H groups in total. The number of carbonyl (C=O) groups excluding carboxylic acids is 2. The molecule has 8 heteroatoms. The molecule has 156 valence electrons. The van der Waals surface area contributed by atoms with Crippen LogP contribution in [-0.4, -0.2) is 57.4 Å². The lowest BCUT2D eigenvalue weighted by molar-refractivity contribution is -0.137. The molecule has 2 heterocycles. The summed E-state index contributed by atoms with van der Waals surface area (Å²) < 4.78 is 20.9. The minimum absolute atomic E-state index is 0.0345. The highest BCUT2D eigenvalue weighted by molar-refractivity contribution is 6.32. The molecule has 3 rings (SSSR count). The first-order valence-electron chi connectivity index (χ1n) is 9.29. The van der Waals surface area contributed by atoms with Gasteiger partial charge in [0.25, 0.3) is 0 Å². The van der Waals surface area contributed by atoms with Crippen molar-refractivity contribution in [2.45, 2.75) is 24.9 Å². The van der Waals surface area contributed by atoms with E-state index < -0.39 is 17.9 Å². The number of benzene rings is 1. The molecule has 7 nitrogen and oxygen atoms in total. The molecule has 0 unspecified atom stereocenters. The Morgan fingerprint density at radius 2 is 1.79 bits per heavy atom. The Morgan fingerprint density at radius 1 is 1.14 bits per heavy atom. The maximum Gasteiger partial charge on any atom is 0.336 e. The second-order valence-electron chi connectivity index (χ2n) is 6.81. The molecular weight excluding hydrogens is 398 g/mol. The van der Waals surface area contributed by atoms with Crippen molar-refractivity contribution in [2.75, 3.05) is 34.5 Å². The van der Waals surface area contributed by atoms with Crippen molar-refractivity contribution in [3.8, 4) is 5.75 Å². The lowest BCUT2D eigenvalue weighted by Crippen LogP contribution is -2.32. The van der Waals surface area contributed by atoms with Crippen molar-refractivity contribution >= 4 is 23.5 Å². The average Bonchev–Trinajstić information content (AvgIpc) is 3.24. The number of hydrogen-bond acceptors (Lipinski definition) is 7. The van der Waals surface area contributed by atoms with E-state index in [0.29, 0.717) is 40.6 Å². The number of halogens is 1. The number of rotatable bonds is 6. The predicted molar refractivity (Wildman–Crippen MR) is 107 cm³/mol. The normalized spacial score (nSPS) is 19.4. The maximum atomic E-state index is 12.6. The smallest absolute Gasteiger partial charge is 0.336 e. The Morgan fingerprint density at radius 3 is 2.28 bits per heavy atom. The van der Waals surface area contributed by atoms with E-state index in [1.807, 2.05) is 0 Å². The zero-order valence-corrected chi connectivity index (χ0v) is 17.4. The lowest BCUT2D eigenvalue weighted by atomic mass is 9.83. The van der Waals surface area contributed by atoms with Crippen LogP contribution in [0.3, 0.4) is 0 Å². The molecule has 29 heavy (non-hydrogen) atoms. The summed E-state index contributed by atoms with van der Waals surface area (Å²) in [7, 11) is 4.13. The fourth-order valence-corrected chi connectivity index (χ4v) is 3.90. The van der Waals surface area contributed by atoms with E-state index in [4.69, 9.17) is 30.5 Å². The van der Waals surface area contributed by atoms with Crippen molar-refractivity contribution in [3.05, 3.63) is 52.3 Å². The Kier molecular flexibility index (Phi) is 6.82. The third-order valence-corrected chi connectivity index (χ3v) is 5.32. The minimum atomic E-state index is -0.681. The zero-order valence-electron chi connectivity index (χ0n) is 16.6. The van der Waals surface area contributed by atoms with Crippen LogP contribution in [0.5, 0.6) is 5.75 Å². The predicted octanol–water partition coefficient (Wildman–Crippen LogP) is 3.04. The van der Waals surface area contributed by atoms with Gasteiger partial charge in [0.2, 0.25) is 0 Å². The zero-order chi connectivity index (χ0) is 21.0. The summed E-state index contributed by atoms with van der Waals surface area (Å²) in [5.41, 5.74) is 1.28. The largest absolute Gasteiger partial charge is 0.495 e. The van der Waals surface area contributed by atoms with Gasteiger partial charge in [0.1, 0.15) is 5.75 Å². The summed E-state index contributed by atoms with van der Waals surface area (Å²) in [5.74, 6) is -1.25. The summed E-state index contributed by atoms with van der Waals surface area (Å²) in [6.07, 6.45) is 5.35. The molecule has 2 aliphatic heterocycles. The number of methoxy groups -OCH3 is 3. The van der Waals surface area contributed by atoms with E-state index >= 15 is 0 Å². The molecule has 0 spiro atoms. The summed E-state index contributed by atoms with van der Waals surface area (Å²) >= 11 is 6.29. The highest BCUT2D eigenvalue weighted by Crippen LogP contribution is 2.39. The monoisotopic (exact) mass is 421 g/mol. The van der Waals surface area contributed by atoms with E-state index in [9.17, 15) is 9.59 Å². The molecule has 2 aliphatic rings. The van der Waals surface area contributed by atoms with E-state index in [1.165, 1.54) is 21.3 Å². The van der Waals surface area contributed by atoms with Crippen LogP contribution in [0, 0.1) is 0 Å². The Labute approximate surface area is 174 Å². The highest BCUT2D eigenvalue weighted by atomic mass is 35.5. The standard InChI is InChI=1S/C21H24ClNO6/c1-26-18-7-6-13(9-17(18)22)19-15(20(24)27-2)11-23(10-14-5-4-8-29-14)12-16(19)21(25)28-3/h6-7,9,11-12,14,19H,4-5,8,10H2,1-3H3/t14-/m1/s1. The van der Waals surface area contributed by atoms with Gasteiger partial charge in [-0.15, -0.1) is 0 Å². The molecule has 1 aromatic rings. The van der Waals surface area contributed by atoms with Crippen LogP contribution in [0.15, 0.2) is 41.7 Å². The van der Waals surface area contributed by atoms with Gasteiger partial charge in [-0.3, -0.25) is 0 Å². The summed E-state index contributed by atoms with van der Waals surface area (Å²) in [5, 5.41) is 0.375. The first-order chi connectivity index (χ1) is 14.0. The van der Waals surface area contributed by atoms with Crippen molar-refractivity contribution in [1.82, 2.24) is 4.90 Å². The van der Waals surface area contributed by atoms with Gasteiger partial charge < -0.3 is 23.8 Å². The fourth-order valence-electron chi connectivity index (χ4n) is 3.64. The third-order valence-electron chi connectivity index (χ3n) is 5.02. The van der Waals surface area contributed by atoms with Gasteiger partial charge in [0.05, 0.1) is 49.5 Å². The van der Waals surface area contributed by atoms with Gasteiger partial charge >= 0.3 is 11.9 Å². The SMILES string of the molecule is COC(=O)C1=CN(C[C@H]2CCCO2)C=C(C(=O)OC)C1c1ccc(OC)c(Cl)c1. The van der Waals surface area contributed by atoms with E-state index in [2.05, 4.69) is 0 Å². The average molecular weight is 422 g/mol. The van der Waals surface area contributed by atoms with Gasteiger partial charge in [0, 0.05) is 25.6 Å². The topological polar surface area (TPSA) is 74.3 Å². The van der Waals surface area contributed by atoms with Crippen LogP contribution < -0.4 is 4.74 Å². The van der Waals surface area contributed by atoms with E-state index in [1.54, 1.807) is 35.5 Å². The van der Waals surface area contributed by atoms with E-state index in [-0.39, 0.29) is 6.10 Å². The Hall–Kier alpha value is -2.51. The fraction of sp³-hybridized carbons (Fsp3) is 0.429. The number of esters is 2. The number of nitrogens with zero attached hydrogens (tertiary/aromatic N) is 1. The van der Waals surface area contributed by atoms with E-state index in [0.717, 1.165) is 12.8 Å². The molecule has 0 amide bonds. The van der Waals surface area contributed by atoms with Gasteiger partial charge in [-0.2, -0.15) is 0 Å². The van der Waals surface area contributed by atoms with Crippen LogP contribution in [0.2, 0.25) is 5.02 Å². The third kappa shape index (κ3) is 4.57. The molecule has 1 saturated heterocycles. The molecule has 1 aromatic carbocycles. The second kappa shape index (κ2) is 9.33. The summed E-state index contributed by atoms with van der Waals surface area (Å²) in [6, 6.07) is 5.13. The molecule has 0 bridgehead atoms. The van der Waals surface area contributed by atoms with Crippen LogP contribution in [0.4, 0.5) is 0 Å². The number of ether oxygens (including phenoxy) is 4. The molecule has 1 fully saturated rings. The Balaban J connectivity index is 2.04. The van der Waals surface area contributed by atoms with Gasteiger partial charge in [-0.1, -0.05) is 17.7 Å². The lowest BCUT2D eigenvalue weighted by Gasteiger charge is -2.31. The van der Waals surface area contributed by atoms with Gasteiger partial charge in [-0.25, -0.2) is 9.59 Å².